The van der Waals surface area contributed by atoms with Crippen molar-refractivity contribution in [2.24, 2.45) is 17.8 Å². The van der Waals surface area contributed by atoms with Crippen LogP contribution in [0.15, 0.2) is 11.6 Å². The lowest BCUT2D eigenvalue weighted by molar-refractivity contribution is -0.168. The van der Waals surface area contributed by atoms with E-state index in [9.17, 15) is 4.79 Å². The molecule has 0 spiro atoms. The van der Waals surface area contributed by atoms with Gasteiger partial charge in [-0.25, -0.2) is 0 Å². The highest BCUT2D eigenvalue weighted by Gasteiger charge is 2.37. The van der Waals surface area contributed by atoms with Crippen LogP contribution in [-0.2, 0) is 14.4 Å². The van der Waals surface area contributed by atoms with Gasteiger partial charge in [0.2, 0.25) is 0 Å². The molecule has 0 amide bonds. The highest BCUT2D eigenvalue weighted by atomic mass is 28.3. The van der Waals surface area contributed by atoms with Crippen molar-refractivity contribution in [1.82, 2.24) is 5.06 Å². The van der Waals surface area contributed by atoms with E-state index in [1.807, 2.05) is 0 Å². The van der Waals surface area contributed by atoms with Crippen LogP contribution < -0.4 is 0 Å². The summed E-state index contributed by atoms with van der Waals surface area (Å²) in [5, 5.41) is 2.17. The molecule has 0 aromatic carbocycles. The predicted octanol–water partition coefficient (Wildman–Crippen LogP) is 3.52. The molecule has 5 heteroatoms. The van der Waals surface area contributed by atoms with Gasteiger partial charge < -0.3 is 4.74 Å². The molecule has 3 aliphatic rings. The van der Waals surface area contributed by atoms with E-state index in [1.54, 1.807) is 0 Å². The Morgan fingerprint density at radius 3 is 2.54 bits per heavy atom. The van der Waals surface area contributed by atoms with Crippen molar-refractivity contribution in [3.05, 3.63) is 11.6 Å². The normalized spacial score (nSPS) is 27.9. The molecule has 1 atom stereocenters. The van der Waals surface area contributed by atoms with E-state index in [1.165, 1.54) is 24.5 Å². The summed E-state index contributed by atoms with van der Waals surface area (Å²) in [5.74, 6) is 1.79. The summed E-state index contributed by atoms with van der Waals surface area (Å²) in [7, 11) is -1.01. The standard InChI is InChI=1S/C19H33NO3Si/c1-24(2,3)11-10-23-20-8-6-15(7-9-20)16-4-5-19(21)18(12-16)17-13-22-14-17/h4,15,17-18H,5-14H2,1-3H3. The number of hydrogen-bond donors (Lipinski definition) is 0. The monoisotopic (exact) mass is 351 g/mol. The number of allylic oxidation sites excluding steroid dienone is 2. The lowest BCUT2D eigenvalue weighted by Crippen LogP contribution is -2.41. The van der Waals surface area contributed by atoms with Crippen LogP contribution in [0.4, 0.5) is 0 Å². The number of carbonyl (C=O) groups is 1. The Morgan fingerprint density at radius 1 is 1.25 bits per heavy atom. The topological polar surface area (TPSA) is 38.8 Å². The van der Waals surface area contributed by atoms with Crippen LogP contribution in [-0.4, -0.2) is 51.8 Å². The maximum absolute atomic E-state index is 12.2. The van der Waals surface area contributed by atoms with Gasteiger partial charge in [0.25, 0.3) is 0 Å². The molecule has 0 N–H and O–H groups in total. The first-order chi connectivity index (χ1) is 11.4. The number of ketones is 1. The number of carbonyl (C=O) groups excluding carboxylic acids is 1. The van der Waals surface area contributed by atoms with Crippen molar-refractivity contribution >= 4 is 13.9 Å². The first-order valence-electron chi connectivity index (χ1n) is 9.59. The van der Waals surface area contributed by atoms with Gasteiger partial charge in [-0.2, -0.15) is 5.06 Å². The molecule has 0 aromatic rings. The second kappa shape index (κ2) is 7.81. The maximum atomic E-state index is 12.2. The van der Waals surface area contributed by atoms with E-state index in [0.29, 0.717) is 24.0 Å². The molecular weight excluding hydrogens is 318 g/mol. The largest absolute Gasteiger partial charge is 0.381 e. The average molecular weight is 352 g/mol. The van der Waals surface area contributed by atoms with Gasteiger partial charge in [0.1, 0.15) is 5.78 Å². The van der Waals surface area contributed by atoms with E-state index in [0.717, 1.165) is 39.3 Å². The minimum atomic E-state index is -1.01. The minimum Gasteiger partial charge on any atom is -0.381 e. The molecule has 2 heterocycles. The van der Waals surface area contributed by atoms with Crippen molar-refractivity contribution in [3.8, 4) is 0 Å². The molecule has 0 bridgehead atoms. The second-order valence-corrected chi connectivity index (χ2v) is 14.5. The molecule has 1 aliphatic carbocycles. The Labute approximate surface area is 147 Å². The molecule has 2 aliphatic heterocycles. The average Bonchev–Trinajstić information content (AvgIpc) is 2.47. The number of piperidine rings is 1. The lowest BCUT2D eigenvalue weighted by atomic mass is 9.73. The third-order valence-corrected chi connectivity index (χ3v) is 7.48. The molecule has 0 saturated carbocycles. The van der Waals surface area contributed by atoms with E-state index in [2.05, 4.69) is 30.8 Å². The summed E-state index contributed by atoms with van der Waals surface area (Å²) >= 11 is 0. The summed E-state index contributed by atoms with van der Waals surface area (Å²) in [6.45, 7) is 11.7. The van der Waals surface area contributed by atoms with Gasteiger partial charge in [0.15, 0.2) is 0 Å². The van der Waals surface area contributed by atoms with Crippen molar-refractivity contribution in [2.75, 3.05) is 32.9 Å². The Balaban J connectivity index is 1.43. The van der Waals surface area contributed by atoms with Crippen molar-refractivity contribution < 1.29 is 14.4 Å². The fourth-order valence-corrected chi connectivity index (χ4v) is 4.62. The van der Waals surface area contributed by atoms with Crippen LogP contribution in [0.2, 0.25) is 25.7 Å². The summed E-state index contributed by atoms with van der Waals surface area (Å²) in [6.07, 6.45) is 6.18. The van der Waals surface area contributed by atoms with Gasteiger partial charge >= 0.3 is 0 Å². The summed E-state index contributed by atoms with van der Waals surface area (Å²) in [6, 6.07) is 1.23. The van der Waals surface area contributed by atoms with E-state index in [4.69, 9.17) is 9.57 Å². The molecule has 2 fully saturated rings. The number of Topliss-reactive ketones (excluding diaryl/α,β-unsaturated/α-hetero) is 1. The molecule has 24 heavy (non-hydrogen) atoms. The minimum absolute atomic E-state index is 0.227. The zero-order valence-corrected chi connectivity index (χ0v) is 16.6. The van der Waals surface area contributed by atoms with E-state index >= 15 is 0 Å². The third-order valence-electron chi connectivity index (χ3n) is 5.77. The zero-order valence-electron chi connectivity index (χ0n) is 15.6. The van der Waals surface area contributed by atoms with Crippen molar-refractivity contribution in [1.29, 1.82) is 0 Å². The van der Waals surface area contributed by atoms with Crippen LogP contribution in [0, 0.1) is 17.8 Å². The molecule has 0 radical (unpaired) electrons. The molecule has 0 aromatic heterocycles. The third kappa shape index (κ3) is 4.78. The van der Waals surface area contributed by atoms with Crippen LogP contribution >= 0.6 is 0 Å². The van der Waals surface area contributed by atoms with Crippen molar-refractivity contribution in [3.63, 3.8) is 0 Å². The molecule has 136 valence electrons. The number of rotatable bonds is 6. The van der Waals surface area contributed by atoms with E-state index in [-0.39, 0.29) is 5.92 Å². The predicted molar refractivity (Wildman–Crippen MR) is 98.5 cm³/mol. The Morgan fingerprint density at radius 2 is 1.96 bits per heavy atom. The quantitative estimate of drug-likeness (QED) is 0.542. The second-order valence-electron chi connectivity index (χ2n) is 8.90. The number of ether oxygens (including phenoxy) is 1. The van der Waals surface area contributed by atoms with Gasteiger partial charge in [-0.15, -0.1) is 0 Å². The Bertz CT molecular complexity index is 473. The van der Waals surface area contributed by atoms with Crippen LogP contribution in [0.25, 0.3) is 0 Å². The first kappa shape index (κ1) is 18.3. The highest BCUT2D eigenvalue weighted by molar-refractivity contribution is 6.76. The lowest BCUT2D eigenvalue weighted by Gasteiger charge is -2.38. The Kier molecular flexibility index (Phi) is 5.96. The fourth-order valence-electron chi connectivity index (χ4n) is 3.92. The van der Waals surface area contributed by atoms with Crippen LogP contribution in [0.3, 0.4) is 0 Å². The fraction of sp³-hybridized carbons (Fsp3) is 0.842. The highest BCUT2D eigenvalue weighted by Crippen LogP contribution is 2.37. The van der Waals surface area contributed by atoms with Crippen LogP contribution in [0.5, 0.6) is 0 Å². The van der Waals surface area contributed by atoms with Gasteiger partial charge in [0.05, 0.1) is 19.8 Å². The number of hydroxylamine groups is 2. The van der Waals surface area contributed by atoms with Gasteiger partial charge in [-0.05, 0) is 31.2 Å². The molecule has 2 saturated heterocycles. The number of nitrogens with zero attached hydrogens (tertiary/aromatic N) is 1. The zero-order chi connectivity index (χ0) is 17.2. The smallest absolute Gasteiger partial charge is 0.140 e. The molecular formula is C19H33NO3Si. The maximum Gasteiger partial charge on any atom is 0.140 e. The molecule has 3 rings (SSSR count). The van der Waals surface area contributed by atoms with Gasteiger partial charge in [-0.3, -0.25) is 9.63 Å². The Hall–Kier alpha value is -0.493. The van der Waals surface area contributed by atoms with E-state index < -0.39 is 8.07 Å². The molecule has 4 nitrogen and oxygen atoms in total. The summed E-state index contributed by atoms with van der Waals surface area (Å²) in [4.78, 5) is 18.2. The molecule has 1 unspecified atom stereocenters. The summed E-state index contributed by atoms with van der Waals surface area (Å²) < 4.78 is 5.30. The van der Waals surface area contributed by atoms with Gasteiger partial charge in [-0.1, -0.05) is 31.3 Å². The van der Waals surface area contributed by atoms with Gasteiger partial charge in [0, 0.05) is 39.4 Å². The summed E-state index contributed by atoms with van der Waals surface area (Å²) in [5.41, 5.74) is 1.54. The SMILES string of the molecule is C[Si](C)(C)CCON1CCC(C2=CCC(=O)C(C3COC3)C2)CC1. The van der Waals surface area contributed by atoms with Crippen LogP contribution in [0.1, 0.15) is 25.7 Å². The first-order valence-corrected chi connectivity index (χ1v) is 13.3. The van der Waals surface area contributed by atoms with Crippen molar-refractivity contribution in [2.45, 2.75) is 51.4 Å². The number of hydrogen-bond acceptors (Lipinski definition) is 4.